The Morgan fingerprint density at radius 2 is 1.90 bits per heavy atom. The van der Waals surface area contributed by atoms with Crippen LogP contribution in [0, 0.1) is 5.92 Å². The Hall–Kier alpha value is -1.36. The second-order valence-electron chi connectivity index (χ2n) is 5.00. The van der Waals surface area contributed by atoms with Gasteiger partial charge in [-0.25, -0.2) is 0 Å². The van der Waals surface area contributed by atoms with Crippen LogP contribution in [-0.4, -0.2) is 17.9 Å². The van der Waals surface area contributed by atoms with E-state index in [1.807, 2.05) is 61.8 Å². The van der Waals surface area contributed by atoms with Crippen LogP contribution in [0.15, 0.2) is 47.8 Å². The number of amides is 1. The molecule has 1 aromatic heterocycles. The number of thiophene rings is 1. The Bertz CT molecular complexity index is 545. The lowest BCUT2D eigenvalue weighted by atomic mass is 9.94. The zero-order chi connectivity index (χ0) is 14.5. The van der Waals surface area contributed by atoms with Crippen molar-refractivity contribution in [2.45, 2.75) is 19.5 Å². The first-order valence-corrected chi connectivity index (χ1v) is 7.55. The van der Waals surface area contributed by atoms with Crippen LogP contribution in [-0.2, 0) is 11.3 Å². The van der Waals surface area contributed by atoms with E-state index in [0.29, 0.717) is 6.54 Å². The topological polar surface area (TPSA) is 46.3 Å². The molecule has 0 aliphatic carbocycles. The third-order valence-electron chi connectivity index (χ3n) is 3.46. The number of carbonyl (C=O) groups excluding carboxylic acids is 1. The van der Waals surface area contributed by atoms with E-state index in [0.717, 1.165) is 5.56 Å². The summed E-state index contributed by atoms with van der Waals surface area (Å²) < 4.78 is 0. The maximum absolute atomic E-state index is 12.4. The highest BCUT2D eigenvalue weighted by molar-refractivity contribution is 7.09. The summed E-state index contributed by atoms with van der Waals surface area (Å²) in [6.07, 6.45) is 0. The highest BCUT2D eigenvalue weighted by Crippen LogP contribution is 2.21. The van der Waals surface area contributed by atoms with Crippen LogP contribution in [0.4, 0.5) is 0 Å². The zero-order valence-corrected chi connectivity index (χ0v) is 13.9. The largest absolute Gasteiger partial charge is 0.340 e. The molecule has 2 rings (SSSR count). The van der Waals surface area contributed by atoms with Gasteiger partial charge in [0.1, 0.15) is 0 Å². The van der Waals surface area contributed by atoms with Crippen LogP contribution >= 0.6 is 23.7 Å². The van der Waals surface area contributed by atoms with Crippen molar-refractivity contribution >= 4 is 29.7 Å². The maximum atomic E-state index is 12.4. The van der Waals surface area contributed by atoms with Gasteiger partial charge in [0, 0.05) is 18.0 Å². The van der Waals surface area contributed by atoms with Crippen LogP contribution in [0.3, 0.4) is 0 Å². The van der Waals surface area contributed by atoms with Gasteiger partial charge in [0.2, 0.25) is 5.91 Å². The summed E-state index contributed by atoms with van der Waals surface area (Å²) in [6.45, 7) is 2.53. The summed E-state index contributed by atoms with van der Waals surface area (Å²) >= 11 is 1.66. The molecule has 1 heterocycles. The molecule has 0 fully saturated rings. The van der Waals surface area contributed by atoms with Crippen LogP contribution in [0.1, 0.15) is 23.4 Å². The van der Waals surface area contributed by atoms with E-state index in [1.54, 1.807) is 16.2 Å². The number of hydrogen-bond acceptors (Lipinski definition) is 3. The Labute approximate surface area is 136 Å². The summed E-state index contributed by atoms with van der Waals surface area (Å²) in [5, 5.41) is 2.02. The molecule has 5 heteroatoms. The maximum Gasteiger partial charge on any atom is 0.227 e. The Balaban J connectivity index is 0.00000220. The number of halogens is 1. The predicted molar refractivity (Wildman–Crippen MR) is 90.6 cm³/mol. The zero-order valence-electron chi connectivity index (χ0n) is 12.2. The first kappa shape index (κ1) is 17.7. The molecule has 0 saturated carbocycles. The highest BCUT2D eigenvalue weighted by atomic mass is 35.5. The van der Waals surface area contributed by atoms with Gasteiger partial charge in [-0.2, -0.15) is 0 Å². The van der Waals surface area contributed by atoms with Gasteiger partial charge in [-0.15, -0.1) is 23.7 Å². The van der Waals surface area contributed by atoms with Crippen molar-refractivity contribution in [2.24, 2.45) is 11.7 Å². The first-order valence-electron chi connectivity index (χ1n) is 6.67. The van der Waals surface area contributed by atoms with E-state index in [2.05, 4.69) is 0 Å². The number of benzene rings is 1. The van der Waals surface area contributed by atoms with Crippen molar-refractivity contribution < 1.29 is 4.79 Å². The number of nitrogens with zero attached hydrogens (tertiary/aromatic N) is 1. The van der Waals surface area contributed by atoms with Crippen molar-refractivity contribution in [3.63, 3.8) is 0 Å². The van der Waals surface area contributed by atoms with Crippen molar-refractivity contribution in [1.29, 1.82) is 0 Å². The van der Waals surface area contributed by atoms with E-state index in [9.17, 15) is 4.79 Å². The fourth-order valence-electron chi connectivity index (χ4n) is 2.18. The normalized spacial score (nSPS) is 13.1. The molecule has 2 N–H and O–H groups in total. The van der Waals surface area contributed by atoms with E-state index >= 15 is 0 Å². The third kappa shape index (κ3) is 4.56. The van der Waals surface area contributed by atoms with Crippen LogP contribution < -0.4 is 5.73 Å². The van der Waals surface area contributed by atoms with Gasteiger partial charge < -0.3 is 10.6 Å². The Morgan fingerprint density at radius 3 is 2.48 bits per heavy atom. The number of carbonyl (C=O) groups is 1. The van der Waals surface area contributed by atoms with Crippen molar-refractivity contribution in [3.8, 4) is 0 Å². The molecule has 0 bridgehead atoms. The molecule has 3 nitrogen and oxygen atoms in total. The van der Waals surface area contributed by atoms with Gasteiger partial charge in [-0.1, -0.05) is 43.3 Å². The van der Waals surface area contributed by atoms with Gasteiger partial charge in [0.15, 0.2) is 0 Å². The molecule has 2 unspecified atom stereocenters. The molecule has 0 aliphatic heterocycles. The molecular formula is C16H21ClN2OS. The molecule has 0 radical (unpaired) electrons. The van der Waals surface area contributed by atoms with Gasteiger partial charge >= 0.3 is 0 Å². The monoisotopic (exact) mass is 324 g/mol. The molecular weight excluding hydrogens is 304 g/mol. The lowest BCUT2D eigenvalue weighted by molar-refractivity contribution is -0.134. The third-order valence-corrected chi connectivity index (χ3v) is 4.32. The summed E-state index contributed by atoms with van der Waals surface area (Å²) in [5.41, 5.74) is 7.20. The molecule has 1 aromatic carbocycles. The smallest absolute Gasteiger partial charge is 0.227 e. The number of rotatable bonds is 5. The van der Waals surface area contributed by atoms with E-state index in [4.69, 9.17) is 5.73 Å². The average Bonchev–Trinajstić information content (AvgIpc) is 2.98. The quantitative estimate of drug-likeness (QED) is 0.915. The van der Waals surface area contributed by atoms with Gasteiger partial charge in [-0.3, -0.25) is 4.79 Å². The minimum Gasteiger partial charge on any atom is -0.340 e. The minimum atomic E-state index is -0.269. The fourth-order valence-corrected chi connectivity index (χ4v) is 2.94. The molecule has 114 valence electrons. The fraction of sp³-hybridized carbons (Fsp3) is 0.312. The van der Waals surface area contributed by atoms with Crippen molar-refractivity contribution in [3.05, 3.63) is 58.3 Å². The van der Waals surface area contributed by atoms with Gasteiger partial charge in [0.05, 0.1) is 12.5 Å². The summed E-state index contributed by atoms with van der Waals surface area (Å²) in [5.74, 6) is -0.155. The van der Waals surface area contributed by atoms with Crippen LogP contribution in [0.5, 0.6) is 0 Å². The average molecular weight is 325 g/mol. The second kappa shape index (κ2) is 8.17. The SMILES string of the molecule is CC(C(=O)N(C)Cc1cccs1)C(N)c1ccccc1.Cl. The molecule has 2 atom stereocenters. The molecule has 21 heavy (non-hydrogen) atoms. The predicted octanol–water partition coefficient (Wildman–Crippen LogP) is 3.46. The lowest BCUT2D eigenvalue weighted by Crippen LogP contribution is -2.36. The van der Waals surface area contributed by atoms with Gasteiger partial charge in [-0.05, 0) is 17.0 Å². The standard InChI is InChI=1S/C16H20N2OS.ClH/c1-12(15(17)13-7-4-3-5-8-13)16(19)18(2)11-14-9-6-10-20-14;/h3-10,12,15H,11,17H2,1-2H3;1H. The number of hydrogen-bond donors (Lipinski definition) is 1. The van der Waals surface area contributed by atoms with E-state index in [-0.39, 0.29) is 30.3 Å². The van der Waals surface area contributed by atoms with Crippen LogP contribution in [0.25, 0.3) is 0 Å². The van der Waals surface area contributed by atoms with E-state index in [1.165, 1.54) is 4.88 Å². The second-order valence-corrected chi connectivity index (χ2v) is 6.03. The summed E-state index contributed by atoms with van der Waals surface area (Å²) in [7, 11) is 1.83. The minimum absolute atomic E-state index is 0. The summed E-state index contributed by atoms with van der Waals surface area (Å²) in [6, 6.07) is 13.5. The van der Waals surface area contributed by atoms with E-state index < -0.39 is 0 Å². The first-order chi connectivity index (χ1) is 9.59. The van der Waals surface area contributed by atoms with Crippen molar-refractivity contribution in [1.82, 2.24) is 4.90 Å². The molecule has 2 aromatic rings. The Morgan fingerprint density at radius 1 is 1.24 bits per heavy atom. The molecule has 1 amide bonds. The molecule has 0 saturated heterocycles. The highest BCUT2D eigenvalue weighted by Gasteiger charge is 2.24. The molecule has 0 spiro atoms. The van der Waals surface area contributed by atoms with Gasteiger partial charge in [0.25, 0.3) is 0 Å². The molecule has 0 aliphatic rings. The van der Waals surface area contributed by atoms with Crippen molar-refractivity contribution in [2.75, 3.05) is 7.05 Å². The van der Waals surface area contributed by atoms with Crippen LogP contribution in [0.2, 0.25) is 0 Å². The lowest BCUT2D eigenvalue weighted by Gasteiger charge is -2.25. The number of nitrogens with two attached hydrogens (primary N) is 1. The Kier molecular flexibility index (Phi) is 6.89. The summed E-state index contributed by atoms with van der Waals surface area (Å²) in [4.78, 5) is 15.4.